The number of nitrogens with two attached hydrogens (primary N) is 1. The number of nitrogens with zero attached hydrogens (tertiary/aromatic N) is 4. The third-order valence-electron chi connectivity index (χ3n) is 6.55. The zero-order valence-corrected chi connectivity index (χ0v) is 23.9. The Labute approximate surface area is 246 Å². The Hall–Kier alpha value is -3.28. The topological polar surface area (TPSA) is 84.6 Å². The zero-order chi connectivity index (χ0) is 29.4. The predicted octanol–water partition coefficient (Wildman–Crippen LogP) is 6.46. The van der Waals surface area contributed by atoms with Crippen molar-refractivity contribution in [3.8, 4) is 5.88 Å². The number of benzene rings is 2. The second kappa shape index (κ2) is 14.1. The third kappa shape index (κ3) is 8.61. The van der Waals surface area contributed by atoms with Crippen molar-refractivity contribution < 1.29 is 22.7 Å². The number of aromatic nitrogens is 2. The number of allylic oxidation sites excluding steroid dienone is 1. The van der Waals surface area contributed by atoms with Gasteiger partial charge in [0.1, 0.15) is 6.61 Å². The number of alkyl halides is 3. The Morgan fingerprint density at radius 1 is 1.15 bits per heavy atom. The number of carbonyl (C=O) groups is 1. The molecular formula is C29H31ClF3N5O2S. The van der Waals surface area contributed by atoms with Gasteiger partial charge in [-0.1, -0.05) is 41.6 Å². The van der Waals surface area contributed by atoms with E-state index in [-0.39, 0.29) is 17.4 Å². The van der Waals surface area contributed by atoms with Crippen LogP contribution in [-0.4, -0.2) is 53.5 Å². The minimum atomic E-state index is -4.75. The van der Waals surface area contributed by atoms with Gasteiger partial charge in [-0.3, -0.25) is 9.69 Å². The number of unbranched alkanes of at least 4 members (excludes halogenated alkanes) is 2. The van der Waals surface area contributed by atoms with E-state index in [1.165, 1.54) is 6.07 Å². The van der Waals surface area contributed by atoms with E-state index < -0.39 is 23.2 Å². The Kier molecular flexibility index (Phi) is 10.5. The summed E-state index contributed by atoms with van der Waals surface area (Å²) in [6.45, 7) is 8.18. The van der Waals surface area contributed by atoms with Gasteiger partial charge in [0.25, 0.3) is 0 Å². The summed E-state index contributed by atoms with van der Waals surface area (Å²) < 4.78 is 47.0. The molecule has 4 rings (SSSR count). The van der Waals surface area contributed by atoms with E-state index in [4.69, 9.17) is 22.1 Å². The van der Waals surface area contributed by atoms with Crippen LogP contribution in [0.4, 0.5) is 19.1 Å². The summed E-state index contributed by atoms with van der Waals surface area (Å²) >= 11 is 7.12. The maximum absolute atomic E-state index is 13.6. The van der Waals surface area contributed by atoms with E-state index in [2.05, 4.69) is 26.3 Å². The number of ether oxygens (including phenoxy) is 1. The minimum absolute atomic E-state index is 0.150. The molecule has 7 nitrogen and oxygen atoms in total. The van der Waals surface area contributed by atoms with Crippen molar-refractivity contribution in [2.45, 2.75) is 41.8 Å². The van der Waals surface area contributed by atoms with Crippen molar-refractivity contribution in [3.63, 3.8) is 0 Å². The fraction of sp³-hybridized carbons (Fsp3) is 0.345. The highest BCUT2D eigenvalue weighted by atomic mass is 35.5. The summed E-state index contributed by atoms with van der Waals surface area (Å²) in [6.07, 6.45) is 2.00. The number of hydrogen-bond donors (Lipinski definition) is 1. The largest absolute Gasteiger partial charge is 0.472 e. The lowest BCUT2D eigenvalue weighted by atomic mass is 10.1. The molecule has 218 valence electrons. The van der Waals surface area contributed by atoms with Gasteiger partial charge in [0.2, 0.25) is 17.7 Å². The molecular weight excluding hydrogens is 575 g/mol. The van der Waals surface area contributed by atoms with Crippen molar-refractivity contribution in [2.75, 3.05) is 37.6 Å². The van der Waals surface area contributed by atoms with Crippen LogP contribution in [0.25, 0.3) is 0 Å². The molecule has 0 unspecified atom stereocenters. The maximum atomic E-state index is 13.6. The van der Waals surface area contributed by atoms with Gasteiger partial charge in [-0.2, -0.15) is 18.2 Å². The Balaban J connectivity index is 1.55. The first kappa shape index (κ1) is 30.7. The van der Waals surface area contributed by atoms with Crippen LogP contribution in [-0.2, 0) is 12.8 Å². The van der Waals surface area contributed by atoms with Crippen LogP contribution in [0, 0.1) is 0 Å². The van der Waals surface area contributed by atoms with E-state index in [9.17, 15) is 18.0 Å². The van der Waals surface area contributed by atoms with Gasteiger partial charge in [-0.05, 0) is 61.7 Å². The number of piperazine rings is 1. The second-order valence-electron chi connectivity index (χ2n) is 9.54. The summed E-state index contributed by atoms with van der Waals surface area (Å²) in [5.41, 5.74) is 4.29. The molecule has 12 heteroatoms. The van der Waals surface area contributed by atoms with Gasteiger partial charge in [0.05, 0.1) is 22.2 Å². The molecule has 0 radical (unpaired) electrons. The SMILES string of the molecule is C=CCCCCN1CCN(c2ncc(Sc3ccc(C(N)=O)c(C(F)(F)F)c3)c(OCc3cccc(Cl)c3)n2)CC1. The molecule has 1 amide bonds. The average Bonchev–Trinajstić information content (AvgIpc) is 2.94. The lowest BCUT2D eigenvalue weighted by molar-refractivity contribution is -0.138. The van der Waals surface area contributed by atoms with Crippen LogP contribution in [0.2, 0.25) is 5.02 Å². The smallest absolute Gasteiger partial charge is 0.417 e. The van der Waals surface area contributed by atoms with E-state index in [1.54, 1.807) is 24.4 Å². The summed E-state index contributed by atoms with van der Waals surface area (Å²) in [6, 6.07) is 10.6. The molecule has 2 aromatic carbocycles. The van der Waals surface area contributed by atoms with Crippen LogP contribution in [0.1, 0.15) is 40.7 Å². The van der Waals surface area contributed by atoms with Crippen LogP contribution >= 0.6 is 23.4 Å². The highest BCUT2D eigenvalue weighted by Gasteiger charge is 2.35. The van der Waals surface area contributed by atoms with Gasteiger partial charge in [-0.25, -0.2) is 4.98 Å². The van der Waals surface area contributed by atoms with Gasteiger partial charge in [0.15, 0.2) is 0 Å². The second-order valence-corrected chi connectivity index (χ2v) is 11.1. The van der Waals surface area contributed by atoms with Gasteiger partial charge in [-0.15, -0.1) is 6.58 Å². The van der Waals surface area contributed by atoms with Crippen molar-refractivity contribution in [2.24, 2.45) is 5.73 Å². The third-order valence-corrected chi connectivity index (χ3v) is 7.78. The maximum Gasteiger partial charge on any atom is 0.417 e. The number of amides is 1. The van der Waals surface area contributed by atoms with Crippen LogP contribution < -0.4 is 15.4 Å². The van der Waals surface area contributed by atoms with Crippen molar-refractivity contribution in [1.82, 2.24) is 14.9 Å². The van der Waals surface area contributed by atoms with E-state index in [1.807, 2.05) is 12.1 Å². The molecule has 2 heterocycles. The van der Waals surface area contributed by atoms with Gasteiger partial charge in [0, 0.05) is 36.1 Å². The number of halogens is 4. The molecule has 1 fully saturated rings. The zero-order valence-electron chi connectivity index (χ0n) is 22.4. The molecule has 2 N–H and O–H groups in total. The molecule has 0 saturated carbocycles. The van der Waals surface area contributed by atoms with Gasteiger partial charge < -0.3 is 15.4 Å². The van der Waals surface area contributed by atoms with Crippen molar-refractivity contribution in [1.29, 1.82) is 0 Å². The Morgan fingerprint density at radius 2 is 1.93 bits per heavy atom. The monoisotopic (exact) mass is 605 g/mol. The first-order valence-corrected chi connectivity index (χ1v) is 14.3. The summed E-state index contributed by atoms with van der Waals surface area (Å²) in [7, 11) is 0. The predicted molar refractivity (Wildman–Crippen MR) is 155 cm³/mol. The Bertz CT molecular complexity index is 1370. The molecule has 41 heavy (non-hydrogen) atoms. The normalized spacial score (nSPS) is 14.2. The number of primary amides is 1. The highest BCUT2D eigenvalue weighted by Crippen LogP contribution is 2.39. The van der Waals surface area contributed by atoms with Crippen LogP contribution in [0.15, 0.2) is 71.1 Å². The summed E-state index contributed by atoms with van der Waals surface area (Å²) in [5, 5.41) is 0.556. The molecule has 1 saturated heterocycles. The van der Waals surface area contributed by atoms with Crippen molar-refractivity contribution >= 4 is 35.2 Å². The van der Waals surface area contributed by atoms with E-state index in [0.29, 0.717) is 15.9 Å². The molecule has 0 aliphatic carbocycles. The highest BCUT2D eigenvalue weighted by molar-refractivity contribution is 7.99. The standard InChI is InChI=1S/C29H31ClF3N5O2S/c1-2-3-4-5-11-37-12-14-38(15-13-37)28-35-18-25(27(36-28)40-19-20-7-6-8-21(30)16-20)41-22-9-10-23(26(34)39)24(17-22)29(31,32)33/h2,6-10,16-18H,1,3-5,11-15,19H2,(H2,34,39). The van der Waals surface area contributed by atoms with E-state index >= 15 is 0 Å². The fourth-order valence-electron chi connectivity index (χ4n) is 4.41. The fourth-order valence-corrected chi connectivity index (χ4v) is 5.49. The molecule has 0 spiro atoms. The average molecular weight is 606 g/mol. The summed E-state index contributed by atoms with van der Waals surface area (Å²) in [5.74, 6) is -0.426. The molecule has 0 bridgehead atoms. The first-order chi connectivity index (χ1) is 19.6. The summed E-state index contributed by atoms with van der Waals surface area (Å²) in [4.78, 5) is 25.9. The molecule has 1 aromatic heterocycles. The molecule has 0 atom stereocenters. The number of carbonyl (C=O) groups excluding carboxylic acids is 1. The number of hydrogen-bond acceptors (Lipinski definition) is 7. The lowest BCUT2D eigenvalue weighted by Gasteiger charge is -2.34. The van der Waals surface area contributed by atoms with Crippen LogP contribution in [0.3, 0.4) is 0 Å². The van der Waals surface area contributed by atoms with Crippen molar-refractivity contribution in [3.05, 3.63) is 83.0 Å². The number of rotatable bonds is 12. The number of anilines is 1. The van der Waals surface area contributed by atoms with Gasteiger partial charge >= 0.3 is 6.18 Å². The Morgan fingerprint density at radius 3 is 2.61 bits per heavy atom. The quantitative estimate of drug-likeness (QED) is 0.187. The first-order valence-electron chi connectivity index (χ1n) is 13.2. The lowest BCUT2D eigenvalue weighted by Crippen LogP contribution is -2.47. The molecule has 3 aromatic rings. The van der Waals surface area contributed by atoms with E-state index in [0.717, 1.165) is 81.4 Å². The van der Waals surface area contributed by atoms with Crippen LogP contribution in [0.5, 0.6) is 5.88 Å². The minimum Gasteiger partial charge on any atom is -0.472 e. The molecule has 1 aliphatic rings. The molecule has 1 aliphatic heterocycles.